The SMILES string of the molecule is COCc1cc[nH]c1C=CC(=O)OC. The zero-order valence-corrected chi connectivity index (χ0v) is 8.24. The second-order valence-electron chi connectivity index (χ2n) is 2.71. The molecule has 1 rings (SSSR count). The lowest BCUT2D eigenvalue weighted by molar-refractivity contribution is -0.134. The van der Waals surface area contributed by atoms with Gasteiger partial charge in [0.1, 0.15) is 0 Å². The van der Waals surface area contributed by atoms with Gasteiger partial charge in [0.2, 0.25) is 0 Å². The summed E-state index contributed by atoms with van der Waals surface area (Å²) in [4.78, 5) is 13.8. The van der Waals surface area contributed by atoms with Crippen molar-refractivity contribution < 1.29 is 14.3 Å². The van der Waals surface area contributed by atoms with E-state index in [1.165, 1.54) is 13.2 Å². The number of nitrogens with one attached hydrogen (secondary N) is 1. The van der Waals surface area contributed by atoms with E-state index in [-0.39, 0.29) is 5.97 Å². The number of rotatable bonds is 4. The zero-order valence-electron chi connectivity index (χ0n) is 8.24. The number of aromatic nitrogens is 1. The van der Waals surface area contributed by atoms with Crippen LogP contribution in [0, 0.1) is 0 Å². The van der Waals surface area contributed by atoms with Gasteiger partial charge in [-0.05, 0) is 12.1 Å². The highest BCUT2D eigenvalue weighted by Crippen LogP contribution is 2.09. The van der Waals surface area contributed by atoms with Crippen molar-refractivity contribution in [2.75, 3.05) is 14.2 Å². The normalized spacial score (nSPS) is 10.7. The molecule has 0 unspecified atom stereocenters. The van der Waals surface area contributed by atoms with Crippen molar-refractivity contribution in [3.05, 3.63) is 29.6 Å². The highest BCUT2D eigenvalue weighted by molar-refractivity contribution is 5.86. The molecule has 76 valence electrons. The highest BCUT2D eigenvalue weighted by atomic mass is 16.5. The van der Waals surface area contributed by atoms with E-state index in [0.29, 0.717) is 6.61 Å². The number of hydrogen-bond donors (Lipinski definition) is 1. The van der Waals surface area contributed by atoms with E-state index < -0.39 is 0 Å². The first-order valence-electron chi connectivity index (χ1n) is 4.19. The van der Waals surface area contributed by atoms with Crippen molar-refractivity contribution in [3.8, 4) is 0 Å². The maximum absolute atomic E-state index is 10.8. The van der Waals surface area contributed by atoms with Gasteiger partial charge in [0.25, 0.3) is 0 Å². The van der Waals surface area contributed by atoms with Gasteiger partial charge in [0, 0.05) is 30.6 Å². The molecule has 0 aromatic carbocycles. The summed E-state index contributed by atoms with van der Waals surface area (Å²) in [7, 11) is 2.97. The molecule has 0 bridgehead atoms. The number of carbonyl (C=O) groups is 1. The predicted molar refractivity (Wildman–Crippen MR) is 52.6 cm³/mol. The van der Waals surface area contributed by atoms with Crippen LogP contribution in [-0.4, -0.2) is 25.2 Å². The number of hydrogen-bond acceptors (Lipinski definition) is 3. The summed E-state index contributed by atoms with van der Waals surface area (Å²) in [5.41, 5.74) is 1.87. The molecular weight excluding hydrogens is 182 g/mol. The Morgan fingerprint density at radius 2 is 2.36 bits per heavy atom. The Labute approximate surface area is 82.5 Å². The third-order valence-corrected chi connectivity index (χ3v) is 1.76. The topological polar surface area (TPSA) is 51.3 Å². The minimum absolute atomic E-state index is 0.372. The van der Waals surface area contributed by atoms with Gasteiger partial charge in [-0.25, -0.2) is 4.79 Å². The fraction of sp³-hybridized carbons (Fsp3) is 0.300. The molecule has 14 heavy (non-hydrogen) atoms. The van der Waals surface area contributed by atoms with Crippen LogP contribution in [-0.2, 0) is 20.9 Å². The molecule has 0 aliphatic rings. The first-order valence-corrected chi connectivity index (χ1v) is 4.19. The zero-order chi connectivity index (χ0) is 10.4. The minimum Gasteiger partial charge on any atom is -0.466 e. The van der Waals surface area contributed by atoms with Crippen LogP contribution in [0.3, 0.4) is 0 Å². The Morgan fingerprint density at radius 3 is 3.00 bits per heavy atom. The Balaban J connectivity index is 2.70. The molecule has 0 fully saturated rings. The van der Waals surface area contributed by atoms with Gasteiger partial charge in [0.15, 0.2) is 0 Å². The fourth-order valence-electron chi connectivity index (χ4n) is 1.07. The van der Waals surface area contributed by atoms with Gasteiger partial charge in [-0.3, -0.25) is 0 Å². The van der Waals surface area contributed by atoms with E-state index in [9.17, 15) is 4.79 Å². The largest absolute Gasteiger partial charge is 0.466 e. The molecule has 0 saturated carbocycles. The molecule has 0 saturated heterocycles. The Kier molecular flexibility index (Phi) is 3.94. The van der Waals surface area contributed by atoms with Crippen LogP contribution in [0.25, 0.3) is 6.08 Å². The smallest absolute Gasteiger partial charge is 0.330 e. The number of esters is 1. The van der Waals surface area contributed by atoms with Crippen LogP contribution in [0.4, 0.5) is 0 Å². The third kappa shape index (κ3) is 2.74. The van der Waals surface area contributed by atoms with Crippen LogP contribution in [0.2, 0.25) is 0 Å². The van der Waals surface area contributed by atoms with Gasteiger partial charge in [-0.1, -0.05) is 0 Å². The van der Waals surface area contributed by atoms with E-state index in [1.807, 2.05) is 6.07 Å². The van der Waals surface area contributed by atoms with E-state index >= 15 is 0 Å². The summed E-state index contributed by atoms with van der Waals surface area (Å²) in [6.07, 6.45) is 4.83. The summed E-state index contributed by atoms with van der Waals surface area (Å²) >= 11 is 0. The molecule has 0 radical (unpaired) electrons. The quantitative estimate of drug-likeness (QED) is 0.582. The van der Waals surface area contributed by atoms with E-state index in [1.54, 1.807) is 19.4 Å². The molecule has 4 heteroatoms. The maximum Gasteiger partial charge on any atom is 0.330 e. The van der Waals surface area contributed by atoms with Gasteiger partial charge in [-0.15, -0.1) is 0 Å². The van der Waals surface area contributed by atoms with Crippen LogP contribution in [0.5, 0.6) is 0 Å². The van der Waals surface area contributed by atoms with Crippen LogP contribution >= 0.6 is 0 Å². The molecule has 1 heterocycles. The number of H-pyrrole nitrogens is 1. The number of methoxy groups -OCH3 is 2. The van der Waals surface area contributed by atoms with Gasteiger partial charge < -0.3 is 14.5 Å². The van der Waals surface area contributed by atoms with Gasteiger partial charge in [0.05, 0.1) is 13.7 Å². The van der Waals surface area contributed by atoms with Crippen molar-refractivity contribution in [2.45, 2.75) is 6.61 Å². The van der Waals surface area contributed by atoms with Crippen molar-refractivity contribution in [2.24, 2.45) is 0 Å². The lowest BCUT2D eigenvalue weighted by Gasteiger charge is -1.97. The average molecular weight is 195 g/mol. The Bertz CT molecular complexity index is 328. The molecule has 1 aromatic heterocycles. The molecule has 4 nitrogen and oxygen atoms in total. The maximum atomic E-state index is 10.8. The van der Waals surface area contributed by atoms with Crippen molar-refractivity contribution in [3.63, 3.8) is 0 Å². The number of ether oxygens (including phenoxy) is 2. The fourth-order valence-corrected chi connectivity index (χ4v) is 1.07. The van der Waals surface area contributed by atoms with E-state index in [0.717, 1.165) is 11.3 Å². The summed E-state index contributed by atoms with van der Waals surface area (Å²) in [5, 5.41) is 0. The molecular formula is C10H13NO3. The minimum atomic E-state index is -0.372. The molecule has 0 aliphatic carbocycles. The van der Waals surface area contributed by atoms with Crippen LogP contribution < -0.4 is 0 Å². The lowest BCUT2D eigenvalue weighted by atomic mass is 10.2. The molecule has 1 aromatic rings. The second kappa shape index (κ2) is 5.24. The van der Waals surface area contributed by atoms with E-state index in [4.69, 9.17) is 4.74 Å². The Morgan fingerprint density at radius 1 is 1.57 bits per heavy atom. The molecule has 0 aliphatic heterocycles. The van der Waals surface area contributed by atoms with Gasteiger partial charge >= 0.3 is 5.97 Å². The van der Waals surface area contributed by atoms with Gasteiger partial charge in [-0.2, -0.15) is 0 Å². The number of aromatic amines is 1. The van der Waals surface area contributed by atoms with Crippen molar-refractivity contribution in [1.82, 2.24) is 4.98 Å². The van der Waals surface area contributed by atoms with E-state index in [2.05, 4.69) is 9.72 Å². The first-order chi connectivity index (χ1) is 6.77. The first kappa shape index (κ1) is 10.5. The van der Waals surface area contributed by atoms with Crippen molar-refractivity contribution in [1.29, 1.82) is 0 Å². The molecule has 0 atom stereocenters. The summed E-state index contributed by atoms with van der Waals surface area (Å²) in [6, 6.07) is 1.90. The highest BCUT2D eigenvalue weighted by Gasteiger charge is 2.00. The van der Waals surface area contributed by atoms with Crippen LogP contribution in [0.15, 0.2) is 18.3 Å². The number of carbonyl (C=O) groups excluding carboxylic acids is 1. The summed E-state index contributed by atoms with van der Waals surface area (Å²) < 4.78 is 9.47. The predicted octanol–water partition coefficient (Wildman–Crippen LogP) is 1.35. The van der Waals surface area contributed by atoms with Crippen molar-refractivity contribution >= 4 is 12.0 Å². The summed E-state index contributed by atoms with van der Waals surface area (Å²) in [5.74, 6) is -0.372. The monoisotopic (exact) mass is 195 g/mol. The standard InChI is InChI=1S/C10H13NO3/c1-13-7-8-5-6-11-9(8)3-4-10(12)14-2/h3-6,11H,7H2,1-2H3. The molecule has 0 amide bonds. The third-order valence-electron chi connectivity index (χ3n) is 1.76. The second-order valence-corrected chi connectivity index (χ2v) is 2.71. The van der Waals surface area contributed by atoms with Crippen LogP contribution in [0.1, 0.15) is 11.3 Å². The summed E-state index contributed by atoms with van der Waals surface area (Å²) in [6.45, 7) is 0.518. The molecule has 1 N–H and O–H groups in total. The average Bonchev–Trinajstić information content (AvgIpc) is 2.62. The Hall–Kier alpha value is -1.55. The lowest BCUT2D eigenvalue weighted by Crippen LogP contribution is -1.94. The molecule has 0 spiro atoms.